The Balaban J connectivity index is 2.18. The van der Waals surface area contributed by atoms with Gasteiger partial charge in [0, 0.05) is 13.3 Å². The van der Waals surface area contributed by atoms with Gasteiger partial charge in [-0.1, -0.05) is 0 Å². The fraction of sp³-hybridized carbons (Fsp3) is 0.267. The average molecular weight is 321 g/mol. The van der Waals surface area contributed by atoms with E-state index in [1.165, 1.54) is 30.0 Å². The number of ether oxygens (including phenoxy) is 1. The molecule has 1 amide bonds. The zero-order chi connectivity index (χ0) is 17.0. The molecule has 7 nitrogen and oxygen atoms in total. The van der Waals surface area contributed by atoms with E-state index in [-0.39, 0.29) is 18.1 Å². The third kappa shape index (κ3) is 3.92. The molecule has 0 saturated carbocycles. The summed E-state index contributed by atoms with van der Waals surface area (Å²) in [5.74, 6) is -2.19. The molecule has 0 spiro atoms. The fourth-order valence-corrected chi connectivity index (χ4v) is 2.03. The molecule has 0 fully saturated rings. The number of hydrogen-bond acceptors (Lipinski definition) is 4. The molecule has 2 rings (SSSR count). The van der Waals surface area contributed by atoms with E-state index in [0.29, 0.717) is 11.3 Å². The number of carboxylic acid groups (broad SMARTS) is 1. The number of nitrogens with zero attached hydrogens (tertiary/aromatic N) is 2. The molecule has 1 unspecified atom stereocenters. The third-order valence-electron chi connectivity index (χ3n) is 3.16. The topological polar surface area (TPSA) is 93.5 Å². The lowest BCUT2D eigenvalue weighted by molar-refractivity contribution is -0.140. The summed E-state index contributed by atoms with van der Waals surface area (Å²) in [6.45, 7) is 1.57. The van der Waals surface area contributed by atoms with E-state index in [2.05, 4.69) is 10.4 Å². The Morgan fingerprint density at radius 2 is 2.17 bits per heavy atom. The van der Waals surface area contributed by atoms with Gasteiger partial charge in [-0.25, -0.2) is 13.9 Å². The quantitative estimate of drug-likeness (QED) is 0.832. The van der Waals surface area contributed by atoms with Gasteiger partial charge in [-0.15, -0.1) is 0 Å². The minimum Gasteiger partial charge on any atom is -0.480 e. The number of rotatable bonds is 6. The van der Waals surface area contributed by atoms with E-state index in [0.717, 1.165) is 0 Å². The zero-order valence-electron chi connectivity index (χ0n) is 12.6. The van der Waals surface area contributed by atoms with E-state index >= 15 is 0 Å². The monoisotopic (exact) mass is 321 g/mol. The van der Waals surface area contributed by atoms with Crippen molar-refractivity contribution in [2.24, 2.45) is 0 Å². The van der Waals surface area contributed by atoms with Crippen LogP contribution in [0.3, 0.4) is 0 Å². The van der Waals surface area contributed by atoms with Crippen LogP contribution in [0, 0.1) is 12.7 Å². The standard InChI is InChI=1S/C15H16FN3O4/c1-9-7-10(16)3-4-13(9)19-6-5-11(18-19)14(20)17-12(8-23-2)15(21)22/h3-7,12H,8H2,1-2H3,(H,17,20)(H,21,22). The molecule has 1 atom stereocenters. The van der Waals surface area contributed by atoms with E-state index in [4.69, 9.17) is 9.84 Å². The molecular weight excluding hydrogens is 305 g/mol. The smallest absolute Gasteiger partial charge is 0.328 e. The number of carbonyl (C=O) groups is 2. The molecule has 0 saturated heterocycles. The van der Waals surface area contributed by atoms with Gasteiger partial charge < -0.3 is 15.2 Å². The van der Waals surface area contributed by atoms with E-state index in [9.17, 15) is 14.0 Å². The number of aryl methyl sites for hydroxylation is 1. The third-order valence-corrected chi connectivity index (χ3v) is 3.16. The van der Waals surface area contributed by atoms with Crippen LogP contribution in [-0.2, 0) is 9.53 Å². The molecule has 0 bridgehead atoms. The molecule has 8 heteroatoms. The Hall–Kier alpha value is -2.74. The number of benzene rings is 1. The van der Waals surface area contributed by atoms with E-state index in [1.54, 1.807) is 19.2 Å². The summed E-state index contributed by atoms with van der Waals surface area (Å²) in [5, 5.41) is 15.4. The van der Waals surface area contributed by atoms with Crippen molar-refractivity contribution in [3.05, 3.63) is 47.5 Å². The summed E-state index contributed by atoms with van der Waals surface area (Å²) < 4.78 is 19.3. The number of hydrogen-bond donors (Lipinski definition) is 2. The van der Waals surface area contributed by atoms with Crippen molar-refractivity contribution in [2.75, 3.05) is 13.7 Å². The molecular formula is C15H16FN3O4. The van der Waals surface area contributed by atoms with Gasteiger partial charge in [0.05, 0.1) is 12.3 Å². The van der Waals surface area contributed by atoms with Crippen LogP contribution in [0.1, 0.15) is 16.1 Å². The number of aromatic nitrogens is 2. The van der Waals surface area contributed by atoms with Crippen molar-refractivity contribution in [2.45, 2.75) is 13.0 Å². The highest BCUT2D eigenvalue weighted by Gasteiger charge is 2.21. The number of methoxy groups -OCH3 is 1. The zero-order valence-corrected chi connectivity index (χ0v) is 12.6. The maximum absolute atomic E-state index is 13.1. The average Bonchev–Trinajstić information content (AvgIpc) is 2.96. The highest BCUT2D eigenvalue weighted by molar-refractivity contribution is 5.94. The minimum absolute atomic E-state index is 0.0519. The number of carboxylic acids is 1. The summed E-state index contributed by atoms with van der Waals surface area (Å²) in [5.41, 5.74) is 1.33. The molecule has 0 aliphatic rings. The second kappa shape index (κ2) is 7.01. The molecule has 1 aromatic heterocycles. The van der Waals surface area contributed by atoms with Crippen molar-refractivity contribution in [3.63, 3.8) is 0 Å². The Morgan fingerprint density at radius 1 is 1.43 bits per heavy atom. The van der Waals surface area contributed by atoms with Gasteiger partial charge >= 0.3 is 5.97 Å². The van der Waals surface area contributed by atoms with Crippen molar-refractivity contribution in [1.82, 2.24) is 15.1 Å². The Labute approximate surface area is 131 Å². The lowest BCUT2D eigenvalue weighted by Crippen LogP contribution is -2.44. The second-order valence-corrected chi connectivity index (χ2v) is 4.90. The van der Waals surface area contributed by atoms with Crippen LogP contribution in [0.25, 0.3) is 5.69 Å². The summed E-state index contributed by atoms with van der Waals surface area (Å²) in [4.78, 5) is 23.1. The fourth-order valence-electron chi connectivity index (χ4n) is 2.03. The highest BCUT2D eigenvalue weighted by atomic mass is 19.1. The molecule has 0 aliphatic heterocycles. The largest absolute Gasteiger partial charge is 0.480 e. The highest BCUT2D eigenvalue weighted by Crippen LogP contribution is 2.15. The molecule has 1 aromatic carbocycles. The summed E-state index contributed by atoms with van der Waals surface area (Å²) >= 11 is 0. The summed E-state index contributed by atoms with van der Waals surface area (Å²) in [7, 11) is 1.34. The van der Waals surface area contributed by atoms with Crippen LogP contribution in [0.2, 0.25) is 0 Å². The summed E-state index contributed by atoms with van der Waals surface area (Å²) in [6, 6.07) is 4.48. The van der Waals surface area contributed by atoms with Gasteiger partial charge in [-0.3, -0.25) is 4.79 Å². The summed E-state index contributed by atoms with van der Waals surface area (Å²) in [6.07, 6.45) is 1.54. The Kier molecular flexibility index (Phi) is 5.07. The Morgan fingerprint density at radius 3 is 2.78 bits per heavy atom. The van der Waals surface area contributed by atoms with Gasteiger partial charge in [-0.2, -0.15) is 5.10 Å². The molecule has 0 aliphatic carbocycles. The van der Waals surface area contributed by atoms with Crippen molar-refractivity contribution < 1.29 is 23.8 Å². The molecule has 2 aromatic rings. The van der Waals surface area contributed by atoms with Gasteiger partial charge in [0.2, 0.25) is 0 Å². The normalized spacial score (nSPS) is 12.0. The SMILES string of the molecule is COCC(NC(=O)c1ccn(-c2ccc(F)cc2C)n1)C(=O)O. The number of carbonyl (C=O) groups excluding carboxylic acids is 1. The van der Waals surface area contributed by atoms with Crippen LogP contribution < -0.4 is 5.32 Å². The van der Waals surface area contributed by atoms with E-state index < -0.39 is 17.9 Å². The second-order valence-electron chi connectivity index (χ2n) is 4.90. The lowest BCUT2D eigenvalue weighted by atomic mass is 10.2. The van der Waals surface area contributed by atoms with Gasteiger partial charge in [0.1, 0.15) is 5.82 Å². The van der Waals surface area contributed by atoms with Crippen molar-refractivity contribution >= 4 is 11.9 Å². The maximum atomic E-state index is 13.1. The number of amides is 1. The Bertz CT molecular complexity index is 729. The van der Waals surface area contributed by atoms with Crippen LogP contribution in [-0.4, -0.2) is 46.5 Å². The number of halogens is 1. The van der Waals surface area contributed by atoms with Gasteiger partial charge in [-0.05, 0) is 36.8 Å². The molecule has 1 heterocycles. The first kappa shape index (κ1) is 16.6. The lowest BCUT2D eigenvalue weighted by Gasteiger charge is -2.12. The minimum atomic E-state index is -1.20. The number of aliphatic carboxylic acids is 1. The van der Waals surface area contributed by atoms with Crippen LogP contribution >= 0.6 is 0 Å². The molecule has 122 valence electrons. The van der Waals surface area contributed by atoms with Gasteiger partial charge in [0.25, 0.3) is 5.91 Å². The first-order valence-electron chi connectivity index (χ1n) is 6.77. The predicted octanol–water partition coefficient (Wildman–Crippen LogP) is 1.15. The molecule has 0 radical (unpaired) electrons. The number of nitrogens with one attached hydrogen (secondary N) is 1. The first-order valence-corrected chi connectivity index (χ1v) is 6.77. The first-order chi connectivity index (χ1) is 10.9. The van der Waals surface area contributed by atoms with Crippen LogP contribution in [0.5, 0.6) is 0 Å². The van der Waals surface area contributed by atoms with Gasteiger partial charge in [0.15, 0.2) is 11.7 Å². The predicted molar refractivity (Wildman–Crippen MR) is 79.0 cm³/mol. The maximum Gasteiger partial charge on any atom is 0.328 e. The van der Waals surface area contributed by atoms with Crippen LogP contribution in [0.15, 0.2) is 30.5 Å². The van der Waals surface area contributed by atoms with Crippen molar-refractivity contribution in [3.8, 4) is 5.69 Å². The van der Waals surface area contributed by atoms with Crippen molar-refractivity contribution in [1.29, 1.82) is 0 Å². The van der Waals surface area contributed by atoms with E-state index in [1.807, 2.05) is 0 Å². The molecule has 2 N–H and O–H groups in total. The molecule has 23 heavy (non-hydrogen) atoms. The van der Waals surface area contributed by atoms with Crippen LogP contribution in [0.4, 0.5) is 4.39 Å².